The summed E-state index contributed by atoms with van der Waals surface area (Å²) in [5.41, 5.74) is 2.44. The van der Waals surface area contributed by atoms with Gasteiger partial charge in [0.15, 0.2) is 5.78 Å². The zero-order valence-corrected chi connectivity index (χ0v) is 16.7. The normalized spacial score (nSPS) is 27.6. The van der Waals surface area contributed by atoms with Gasteiger partial charge >= 0.3 is 0 Å². The monoisotopic (exact) mass is 436 g/mol. The summed E-state index contributed by atoms with van der Waals surface area (Å²) in [6, 6.07) is 13.9. The minimum atomic E-state index is -0.672. The maximum absolute atomic E-state index is 13.3. The fraction of sp³-hybridized carbons (Fsp3) is 0.227. The van der Waals surface area contributed by atoms with Crippen molar-refractivity contribution < 1.29 is 14.4 Å². The maximum atomic E-state index is 13.3. The Hall–Kier alpha value is -2.73. The largest absolute Gasteiger partial charge is 0.353 e. The van der Waals surface area contributed by atoms with Gasteiger partial charge in [-0.15, -0.1) is 0 Å². The standard InChI is InChI=1S/C22H17BrN2O3/c1-12(26)20-19-18(17-11-6-13-4-2-3-5-16(13)25(17)20)21(27)24(22(19)28)15-9-7-14(23)8-10-15/h2-11,17-20H,1H3/t17-,18-,19-,20+/m1/s1. The second kappa shape index (κ2) is 6.14. The molecule has 2 aromatic carbocycles. The van der Waals surface area contributed by atoms with Crippen molar-refractivity contribution in [1.29, 1.82) is 0 Å². The molecule has 140 valence electrons. The topological polar surface area (TPSA) is 57.7 Å². The van der Waals surface area contributed by atoms with E-state index in [1.54, 1.807) is 24.3 Å². The van der Waals surface area contributed by atoms with Crippen molar-refractivity contribution in [3.05, 3.63) is 64.6 Å². The quantitative estimate of drug-likeness (QED) is 0.676. The highest BCUT2D eigenvalue weighted by molar-refractivity contribution is 9.10. The summed E-state index contributed by atoms with van der Waals surface area (Å²) in [5, 5.41) is 0. The number of amides is 2. The fourth-order valence-corrected chi connectivity index (χ4v) is 5.08. The first-order valence-corrected chi connectivity index (χ1v) is 9.98. The van der Waals surface area contributed by atoms with Crippen LogP contribution in [0.2, 0.25) is 0 Å². The molecule has 2 saturated heterocycles. The highest BCUT2D eigenvalue weighted by Crippen LogP contribution is 2.49. The van der Waals surface area contributed by atoms with Gasteiger partial charge in [0.25, 0.3) is 0 Å². The SMILES string of the molecule is CC(=O)[C@H]1[C@@H]2C(=O)N(c3ccc(Br)cc3)C(=O)[C@@H]2[C@H]2C=Cc3ccccc3N21. The van der Waals surface area contributed by atoms with Crippen LogP contribution >= 0.6 is 15.9 Å². The van der Waals surface area contributed by atoms with Crippen LogP contribution in [0.3, 0.4) is 0 Å². The Morgan fingerprint density at radius 3 is 2.36 bits per heavy atom. The van der Waals surface area contributed by atoms with E-state index in [1.807, 2.05) is 41.3 Å². The average Bonchev–Trinajstić information content (AvgIpc) is 3.16. The van der Waals surface area contributed by atoms with E-state index in [0.29, 0.717) is 5.69 Å². The zero-order valence-electron chi connectivity index (χ0n) is 15.1. The van der Waals surface area contributed by atoms with E-state index in [2.05, 4.69) is 15.9 Å². The molecule has 0 bridgehead atoms. The number of anilines is 2. The summed E-state index contributed by atoms with van der Waals surface area (Å²) in [5.74, 6) is -1.86. The molecule has 2 fully saturated rings. The third-order valence-corrected chi connectivity index (χ3v) is 6.44. The van der Waals surface area contributed by atoms with Gasteiger partial charge in [0, 0.05) is 10.2 Å². The van der Waals surface area contributed by atoms with Gasteiger partial charge < -0.3 is 4.90 Å². The van der Waals surface area contributed by atoms with Crippen LogP contribution < -0.4 is 9.80 Å². The maximum Gasteiger partial charge on any atom is 0.240 e. The van der Waals surface area contributed by atoms with Crippen molar-refractivity contribution in [1.82, 2.24) is 0 Å². The van der Waals surface area contributed by atoms with Gasteiger partial charge in [-0.1, -0.05) is 46.3 Å². The molecule has 5 rings (SSSR count). The van der Waals surface area contributed by atoms with E-state index in [1.165, 1.54) is 11.8 Å². The van der Waals surface area contributed by atoms with E-state index in [4.69, 9.17) is 0 Å². The number of halogens is 1. The Labute approximate surface area is 170 Å². The van der Waals surface area contributed by atoms with E-state index in [-0.39, 0.29) is 23.6 Å². The molecule has 2 amide bonds. The molecule has 3 aliphatic heterocycles. The molecule has 2 aromatic rings. The Morgan fingerprint density at radius 1 is 0.964 bits per heavy atom. The number of Topliss-reactive ketones (excluding diaryl/α,β-unsaturated/α-hetero) is 1. The lowest BCUT2D eigenvalue weighted by Crippen LogP contribution is -2.48. The number of carbonyl (C=O) groups is 3. The number of imide groups is 1. The Kier molecular flexibility index (Phi) is 3.81. The van der Waals surface area contributed by atoms with Gasteiger partial charge in [-0.3, -0.25) is 14.4 Å². The van der Waals surface area contributed by atoms with Gasteiger partial charge in [-0.2, -0.15) is 0 Å². The van der Waals surface area contributed by atoms with Gasteiger partial charge in [0.2, 0.25) is 11.8 Å². The van der Waals surface area contributed by atoms with Crippen molar-refractivity contribution in [2.45, 2.75) is 19.0 Å². The first-order chi connectivity index (χ1) is 13.5. The minimum absolute atomic E-state index is 0.0959. The van der Waals surface area contributed by atoms with E-state index < -0.39 is 17.9 Å². The first kappa shape index (κ1) is 17.4. The minimum Gasteiger partial charge on any atom is -0.353 e. The lowest BCUT2D eigenvalue weighted by Gasteiger charge is -2.36. The molecule has 4 atom stereocenters. The van der Waals surface area contributed by atoms with Crippen LogP contribution in [-0.4, -0.2) is 29.7 Å². The summed E-state index contributed by atoms with van der Waals surface area (Å²) in [6.45, 7) is 1.51. The Balaban J connectivity index is 1.62. The molecule has 0 unspecified atom stereocenters. The van der Waals surface area contributed by atoms with Gasteiger partial charge in [-0.25, -0.2) is 4.90 Å². The molecule has 0 radical (unpaired) electrons. The molecule has 3 heterocycles. The zero-order chi connectivity index (χ0) is 19.6. The predicted molar refractivity (Wildman–Crippen MR) is 110 cm³/mol. The molecule has 0 aliphatic carbocycles. The van der Waals surface area contributed by atoms with Gasteiger partial charge in [0.05, 0.1) is 23.6 Å². The van der Waals surface area contributed by atoms with Crippen LogP contribution in [0, 0.1) is 11.8 Å². The summed E-state index contributed by atoms with van der Waals surface area (Å²) in [6.07, 6.45) is 3.94. The van der Waals surface area contributed by atoms with Crippen molar-refractivity contribution >= 4 is 51.0 Å². The highest BCUT2D eigenvalue weighted by Gasteiger charge is 2.63. The second-order valence-electron chi connectivity index (χ2n) is 7.41. The molecule has 0 saturated carbocycles. The number of nitrogens with zero attached hydrogens (tertiary/aromatic N) is 2. The summed E-state index contributed by atoms with van der Waals surface area (Å²) < 4.78 is 0.871. The van der Waals surface area contributed by atoms with Crippen molar-refractivity contribution in [3.8, 4) is 0 Å². The molecule has 0 spiro atoms. The van der Waals surface area contributed by atoms with Crippen molar-refractivity contribution in [2.75, 3.05) is 9.80 Å². The molecule has 0 aromatic heterocycles. The van der Waals surface area contributed by atoms with E-state index in [0.717, 1.165) is 15.7 Å². The van der Waals surface area contributed by atoms with Crippen molar-refractivity contribution in [3.63, 3.8) is 0 Å². The number of benzene rings is 2. The van der Waals surface area contributed by atoms with Crippen LogP contribution in [0.5, 0.6) is 0 Å². The van der Waals surface area contributed by atoms with Crippen LogP contribution in [-0.2, 0) is 14.4 Å². The lowest BCUT2D eigenvalue weighted by atomic mass is 9.88. The van der Waals surface area contributed by atoms with Crippen LogP contribution in [0.4, 0.5) is 11.4 Å². The van der Waals surface area contributed by atoms with Crippen LogP contribution in [0.15, 0.2) is 59.1 Å². The predicted octanol–water partition coefficient (Wildman–Crippen LogP) is 3.43. The highest BCUT2D eigenvalue weighted by atomic mass is 79.9. The van der Waals surface area contributed by atoms with Crippen LogP contribution in [0.25, 0.3) is 6.08 Å². The smallest absolute Gasteiger partial charge is 0.240 e. The number of ketones is 1. The van der Waals surface area contributed by atoms with E-state index in [9.17, 15) is 14.4 Å². The summed E-state index contributed by atoms with van der Waals surface area (Å²) in [4.78, 5) is 42.5. The lowest BCUT2D eigenvalue weighted by molar-refractivity contribution is -0.126. The summed E-state index contributed by atoms with van der Waals surface area (Å²) in [7, 11) is 0. The number of rotatable bonds is 2. The molecular formula is C22H17BrN2O3. The Morgan fingerprint density at radius 2 is 1.64 bits per heavy atom. The molecule has 5 nitrogen and oxygen atoms in total. The second-order valence-corrected chi connectivity index (χ2v) is 8.33. The number of hydrogen-bond acceptors (Lipinski definition) is 4. The van der Waals surface area contributed by atoms with Gasteiger partial charge in [0.1, 0.15) is 6.04 Å². The number of hydrogen-bond donors (Lipinski definition) is 0. The van der Waals surface area contributed by atoms with E-state index >= 15 is 0 Å². The molecule has 6 heteroatoms. The average molecular weight is 437 g/mol. The molecule has 28 heavy (non-hydrogen) atoms. The fourth-order valence-electron chi connectivity index (χ4n) is 4.82. The number of fused-ring (bicyclic) bond motifs is 5. The molecule has 3 aliphatic rings. The number of carbonyl (C=O) groups excluding carboxylic acids is 3. The molecule has 0 N–H and O–H groups in total. The third kappa shape index (κ3) is 2.27. The van der Waals surface area contributed by atoms with Crippen LogP contribution in [0.1, 0.15) is 12.5 Å². The first-order valence-electron chi connectivity index (χ1n) is 9.18. The summed E-state index contributed by atoms with van der Waals surface area (Å²) >= 11 is 3.37. The Bertz CT molecular complexity index is 1050. The molecular weight excluding hydrogens is 420 g/mol. The van der Waals surface area contributed by atoms with Gasteiger partial charge in [-0.05, 0) is 42.8 Å². The van der Waals surface area contributed by atoms with Crippen molar-refractivity contribution in [2.24, 2.45) is 11.8 Å². The third-order valence-electron chi connectivity index (χ3n) is 5.92. The number of para-hydroxylation sites is 1.